The second-order valence-corrected chi connectivity index (χ2v) is 2.42. The lowest BCUT2D eigenvalue weighted by molar-refractivity contribution is 0.324. The van der Waals surface area contributed by atoms with Gasteiger partial charge >= 0.3 is 0 Å². The minimum atomic E-state index is 0.256. The van der Waals surface area contributed by atoms with Gasteiger partial charge in [0.15, 0.2) is 0 Å². The fourth-order valence-electron chi connectivity index (χ4n) is 0.802. The average Bonchev–Trinajstić information content (AvgIpc) is 2.09. The predicted octanol–water partition coefficient (Wildman–Crippen LogP) is 2.35. The van der Waals surface area contributed by atoms with Gasteiger partial charge < -0.3 is 9.84 Å². The molecule has 2 nitrogen and oxygen atoms in total. The topological polar surface area (TPSA) is 29.5 Å². The summed E-state index contributed by atoms with van der Waals surface area (Å²) in [5.74, 6) is 1.03. The van der Waals surface area contributed by atoms with E-state index in [0.29, 0.717) is 6.61 Å². The molecule has 0 amide bonds. The lowest BCUT2D eigenvalue weighted by atomic mass is 10.3. The fraction of sp³-hybridized carbons (Fsp3) is 0.200. The first-order chi connectivity index (χ1) is 5.83. The van der Waals surface area contributed by atoms with Gasteiger partial charge in [0.2, 0.25) is 0 Å². The zero-order chi connectivity index (χ0) is 8.81. The standard InChI is InChI=1S/C10H12O2/c1-2-3-8-12-10-6-4-9(11)5-7-10/h2,4-7,11H,1,3,8H2. The molecule has 0 saturated heterocycles. The fourth-order valence-corrected chi connectivity index (χ4v) is 0.802. The highest BCUT2D eigenvalue weighted by molar-refractivity contribution is 5.29. The van der Waals surface area contributed by atoms with Crippen LogP contribution in [0.15, 0.2) is 36.9 Å². The number of benzene rings is 1. The minimum Gasteiger partial charge on any atom is -0.508 e. The van der Waals surface area contributed by atoms with E-state index >= 15 is 0 Å². The monoisotopic (exact) mass is 164 g/mol. The number of hydrogen-bond donors (Lipinski definition) is 1. The van der Waals surface area contributed by atoms with E-state index in [4.69, 9.17) is 9.84 Å². The van der Waals surface area contributed by atoms with Gasteiger partial charge in [0, 0.05) is 0 Å². The Balaban J connectivity index is 2.42. The van der Waals surface area contributed by atoms with E-state index in [1.807, 2.05) is 0 Å². The molecule has 12 heavy (non-hydrogen) atoms. The minimum absolute atomic E-state index is 0.256. The molecule has 0 spiro atoms. The summed E-state index contributed by atoms with van der Waals surface area (Å²) in [6, 6.07) is 6.67. The van der Waals surface area contributed by atoms with Crippen LogP contribution in [0.5, 0.6) is 11.5 Å². The van der Waals surface area contributed by atoms with E-state index in [1.54, 1.807) is 30.3 Å². The molecule has 0 saturated carbocycles. The highest BCUT2D eigenvalue weighted by atomic mass is 16.5. The Hall–Kier alpha value is -1.44. The Morgan fingerprint density at radius 2 is 2.00 bits per heavy atom. The second kappa shape index (κ2) is 4.44. The quantitative estimate of drug-likeness (QED) is 0.546. The average molecular weight is 164 g/mol. The van der Waals surface area contributed by atoms with E-state index in [-0.39, 0.29) is 5.75 Å². The van der Waals surface area contributed by atoms with E-state index in [9.17, 15) is 0 Å². The number of phenols is 1. The Labute approximate surface area is 72.1 Å². The molecule has 0 aliphatic rings. The molecule has 0 bridgehead atoms. The zero-order valence-electron chi connectivity index (χ0n) is 6.86. The zero-order valence-corrected chi connectivity index (χ0v) is 6.86. The molecular formula is C10H12O2. The van der Waals surface area contributed by atoms with Gasteiger partial charge in [-0.25, -0.2) is 0 Å². The molecule has 2 heteroatoms. The summed E-state index contributed by atoms with van der Waals surface area (Å²) in [5, 5.41) is 8.96. The Morgan fingerprint density at radius 3 is 2.58 bits per heavy atom. The van der Waals surface area contributed by atoms with Crippen molar-refractivity contribution in [2.45, 2.75) is 6.42 Å². The van der Waals surface area contributed by atoms with Crippen molar-refractivity contribution in [3.05, 3.63) is 36.9 Å². The molecule has 1 rings (SSSR count). The van der Waals surface area contributed by atoms with Crippen LogP contribution in [0.25, 0.3) is 0 Å². The van der Waals surface area contributed by atoms with Crippen LogP contribution < -0.4 is 4.74 Å². The summed E-state index contributed by atoms with van der Waals surface area (Å²) in [4.78, 5) is 0. The highest BCUT2D eigenvalue weighted by Gasteiger charge is 1.91. The van der Waals surface area contributed by atoms with Gasteiger partial charge in [-0.2, -0.15) is 0 Å². The molecule has 0 aliphatic heterocycles. The first kappa shape index (κ1) is 8.65. The molecule has 0 atom stereocenters. The molecule has 64 valence electrons. The summed E-state index contributed by atoms with van der Waals surface area (Å²) < 4.78 is 5.32. The molecule has 1 N–H and O–H groups in total. The summed E-state index contributed by atoms with van der Waals surface area (Å²) in [5.41, 5.74) is 0. The lowest BCUT2D eigenvalue weighted by Gasteiger charge is -2.03. The van der Waals surface area contributed by atoms with Crippen LogP contribution in [0.3, 0.4) is 0 Å². The summed E-state index contributed by atoms with van der Waals surface area (Å²) in [6.07, 6.45) is 2.64. The number of phenolic OH excluding ortho intramolecular Hbond substituents is 1. The molecule has 0 radical (unpaired) electrons. The number of hydrogen-bond acceptors (Lipinski definition) is 2. The SMILES string of the molecule is C=CCCOc1ccc(O)cc1. The largest absolute Gasteiger partial charge is 0.508 e. The molecule has 1 aromatic carbocycles. The van der Waals surface area contributed by atoms with Gasteiger partial charge in [0.05, 0.1) is 6.61 Å². The lowest BCUT2D eigenvalue weighted by Crippen LogP contribution is -1.94. The van der Waals surface area contributed by atoms with Crippen LogP contribution in [0.1, 0.15) is 6.42 Å². The van der Waals surface area contributed by atoms with Crippen molar-refractivity contribution >= 4 is 0 Å². The summed E-state index contributed by atoms with van der Waals surface area (Å²) >= 11 is 0. The third-order valence-corrected chi connectivity index (χ3v) is 1.43. The normalized spacial score (nSPS) is 9.33. The number of aromatic hydroxyl groups is 1. The van der Waals surface area contributed by atoms with E-state index in [0.717, 1.165) is 12.2 Å². The van der Waals surface area contributed by atoms with Crippen LogP contribution in [0.4, 0.5) is 0 Å². The maximum absolute atomic E-state index is 8.96. The van der Waals surface area contributed by atoms with Crippen molar-refractivity contribution in [2.75, 3.05) is 6.61 Å². The smallest absolute Gasteiger partial charge is 0.119 e. The number of rotatable bonds is 4. The van der Waals surface area contributed by atoms with Crippen molar-refractivity contribution in [1.82, 2.24) is 0 Å². The van der Waals surface area contributed by atoms with Gasteiger partial charge in [0.1, 0.15) is 11.5 Å². The van der Waals surface area contributed by atoms with Gasteiger partial charge in [-0.05, 0) is 30.7 Å². The van der Waals surface area contributed by atoms with Crippen molar-refractivity contribution in [3.63, 3.8) is 0 Å². The van der Waals surface area contributed by atoms with Gasteiger partial charge in [-0.15, -0.1) is 6.58 Å². The van der Waals surface area contributed by atoms with E-state index in [2.05, 4.69) is 6.58 Å². The van der Waals surface area contributed by atoms with Crippen molar-refractivity contribution in [2.24, 2.45) is 0 Å². The van der Waals surface area contributed by atoms with Gasteiger partial charge in [0.25, 0.3) is 0 Å². The summed E-state index contributed by atoms with van der Waals surface area (Å²) in [7, 11) is 0. The van der Waals surface area contributed by atoms with Crippen molar-refractivity contribution in [3.8, 4) is 11.5 Å². The summed E-state index contributed by atoms with van der Waals surface area (Å²) in [6.45, 7) is 4.22. The van der Waals surface area contributed by atoms with Crippen molar-refractivity contribution < 1.29 is 9.84 Å². The van der Waals surface area contributed by atoms with Gasteiger partial charge in [-0.1, -0.05) is 6.08 Å². The molecule has 0 unspecified atom stereocenters. The second-order valence-electron chi connectivity index (χ2n) is 2.42. The van der Waals surface area contributed by atoms with Crippen LogP contribution >= 0.6 is 0 Å². The molecular weight excluding hydrogens is 152 g/mol. The third kappa shape index (κ3) is 2.66. The Bertz CT molecular complexity index is 239. The number of ether oxygens (including phenoxy) is 1. The molecule has 0 aromatic heterocycles. The predicted molar refractivity (Wildman–Crippen MR) is 48.4 cm³/mol. The molecule has 0 heterocycles. The highest BCUT2D eigenvalue weighted by Crippen LogP contribution is 2.15. The van der Waals surface area contributed by atoms with E-state index < -0.39 is 0 Å². The Kier molecular flexibility index (Phi) is 3.20. The maximum atomic E-state index is 8.96. The van der Waals surface area contributed by atoms with Gasteiger partial charge in [-0.3, -0.25) is 0 Å². The molecule has 0 aliphatic carbocycles. The van der Waals surface area contributed by atoms with E-state index in [1.165, 1.54) is 0 Å². The van der Waals surface area contributed by atoms with Crippen LogP contribution in [-0.2, 0) is 0 Å². The Morgan fingerprint density at radius 1 is 1.33 bits per heavy atom. The third-order valence-electron chi connectivity index (χ3n) is 1.43. The van der Waals surface area contributed by atoms with Crippen molar-refractivity contribution in [1.29, 1.82) is 0 Å². The van der Waals surface area contributed by atoms with Crippen LogP contribution in [0.2, 0.25) is 0 Å². The van der Waals surface area contributed by atoms with Crippen LogP contribution in [-0.4, -0.2) is 11.7 Å². The maximum Gasteiger partial charge on any atom is 0.119 e. The van der Waals surface area contributed by atoms with Crippen LogP contribution in [0, 0.1) is 0 Å². The first-order valence-corrected chi connectivity index (χ1v) is 3.85. The molecule has 1 aromatic rings. The first-order valence-electron chi connectivity index (χ1n) is 3.85. The molecule has 0 fully saturated rings.